The van der Waals surface area contributed by atoms with Crippen molar-refractivity contribution in [1.29, 1.82) is 0 Å². The van der Waals surface area contributed by atoms with Crippen LogP contribution < -0.4 is 5.73 Å². The van der Waals surface area contributed by atoms with Gasteiger partial charge in [-0.25, -0.2) is 0 Å². The molecule has 19 heavy (non-hydrogen) atoms. The Labute approximate surface area is 114 Å². The quantitative estimate of drug-likeness (QED) is 0.884. The first-order valence-electron chi connectivity index (χ1n) is 7.36. The Kier molecular flexibility index (Phi) is 3.85. The summed E-state index contributed by atoms with van der Waals surface area (Å²) in [5.74, 6) is 0. The maximum Gasteiger partial charge on any atom is 0.0456 e. The molecule has 0 saturated carbocycles. The Balaban J connectivity index is 1.63. The zero-order chi connectivity index (χ0) is 13.1. The fourth-order valence-electron chi connectivity index (χ4n) is 3.12. The summed E-state index contributed by atoms with van der Waals surface area (Å²) in [5, 5.41) is 1.32. The minimum atomic E-state index is 0.234. The number of piperidine rings is 1. The average Bonchev–Trinajstić information content (AvgIpc) is 2.83. The van der Waals surface area contributed by atoms with Gasteiger partial charge in [0.25, 0.3) is 0 Å². The first-order chi connectivity index (χ1) is 9.33. The van der Waals surface area contributed by atoms with Gasteiger partial charge in [0.1, 0.15) is 0 Å². The van der Waals surface area contributed by atoms with Crippen LogP contribution in [0.25, 0.3) is 10.9 Å². The number of nitrogens with one attached hydrogen (secondary N) is 1. The third kappa shape index (κ3) is 2.99. The molecule has 3 N–H and O–H groups in total. The summed E-state index contributed by atoms with van der Waals surface area (Å²) in [4.78, 5) is 5.84. The standard InChI is InChI=1S/C16H23N3/c17-14(12-19-8-4-1-5-9-19)10-13-11-18-16-7-3-2-6-15(13)16/h2-3,6-7,11,14,18H,1,4-5,8-10,12,17H2. The van der Waals surface area contributed by atoms with Crippen LogP contribution in [0.3, 0.4) is 0 Å². The number of fused-ring (bicyclic) bond motifs is 1. The van der Waals surface area contributed by atoms with Crippen molar-refractivity contribution < 1.29 is 0 Å². The Morgan fingerprint density at radius 1 is 1.16 bits per heavy atom. The van der Waals surface area contributed by atoms with E-state index >= 15 is 0 Å². The van der Waals surface area contributed by atoms with Gasteiger partial charge in [-0.1, -0.05) is 24.6 Å². The van der Waals surface area contributed by atoms with Crippen LogP contribution in [-0.2, 0) is 6.42 Å². The Morgan fingerprint density at radius 2 is 1.95 bits per heavy atom. The number of nitrogens with two attached hydrogens (primary N) is 1. The summed E-state index contributed by atoms with van der Waals surface area (Å²) in [7, 11) is 0. The summed E-state index contributed by atoms with van der Waals surface area (Å²) in [6.07, 6.45) is 7.12. The second kappa shape index (κ2) is 5.76. The highest BCUT2D eigenvalue weighted by molar-refractivity contribution is 5.83. The van der Waals surface area contributed by atoms with Crippen molar-refractivity contribution in [2.75, 3.05) is 19.6 Å². The molecular weight excluding hydrogens is 234 g/mol. The normalized spacial score (nSPS) is 18.8. The molecule has 0 spiro atoms. The first kappa shape index (κ1) is 12.7. The van der Waals surface area contributed by atoms with E-state index in [-0.39, 0.29) is 6.04 Å². The zero-order valence-electron chi connectivity index (χ0n) is 11.4. The molecule has 1 fully saturated rings. The van der Waals surface area contributed by atoms with E-state index in [0.29, 0.717) is 0 Å². The molecule has 1 aromatic carbocycles. The molecule has 1 saturated heterocycles. The molecule has 1 aliphatic heterocycles. The number of rotatable bonds is 4. The number of hydrogen-bond acceptors (Lipinski definition) is 2. The van der Waals surface area contributed by atoms with Crippen LogP contribution in [0.5, 0.6) is 0 Å². The highest BCUT2D eigenvalue weighted by atomic mass is 15.1. The number of hydrogen-bond donors (Lipinski definition) is 2. The molecule has 102 valence electrons. The number of likely N-dealkylation sites (tertiary alicyclic amines) is 1. The first-order valence-corrected chi connectivity index (χ1v) is 7.36. The van der Waals surface area contributed by atoms with Gasteiger partial charge in [0.15, 0.2) is 0 Å². The van der Waals surface area contributed by atoms with Crippen molar-refractivity contribution in [3.05, 3.63) is 36.0 Å². The summed E-state index contributed by atoms with van der Waals surface area (Å²) >= 11 is 0. The minimum absolute atomic E-state index is 0.234. The van der Waals surface area contributed by atoms with E-state index in [1.54, 1.807) is 0 Å². The molecule has 0 aliphatic carbocycles. The van der Waals surface area contributed by atoms with E-state index in [1.165, 1.54) is 48.8 Å². The van der Waals surface area contributed by atoms with Crippen LogP contribution in [0.4, 0.5) is 0 Å². The van der Waals surface area contributed by atoms with Crippen LogP contribution in [0.15, 0.2) is 30.5 Å². The lowest BCUT2D eigenvalue weighted by Gasteiger charge is -2.28. The van der Waals surface area contributed by atoms with Gasteiger partial charge in [0.05, 0.1) is 0 Å². The van der Waals surface area contributed by atoms with Gasteiger partial charge >= 0.3 is 0 Å². The second-order valence-electron chi connectivity index (χ2n) is 5.68. The third-order valence-electron chi connectivity index (χ3n) is 4.10. The van der Waals surface area contributed by atoms with Gasteiger partial charge in [0, 0.05) is 29.7 Å². The van der Waals surface area contributed by atoms with E-state index in [2.05, 4.69) is 40.3 Å². The van der Waals surface area contributed by atoms with Gasteiger partial charge < -0.3 is 15.6 Å². The lowest BCUT2D eigenvalue weighted by molar-refractivity contribution is 0.215. The van der Waals surface area contributed by atoms with Crippen LogP contribution in [-0.4, -0.2) is 35.6 Å². The molecule has 1 unspecified atom stereocenters. The maximum absolute atomic E-state index is 6.33. The Bertz CT molecular complexity index is 526. The van der Waals surface area contributed by atoms with Gasteiger partial charge in [-0.15, -0.1) is 0 Å². The summed E-state index contributed by atoms with van der Waals surface area (Å²) < 4.78 is 0. The Morgan fingerprint density at radius 3 is 2.79 bits per heavy atom. The largest absolute Gasteiger partial charge is 0.361 e. The smallest absolute Gasteiger partial charge is 0.0456 e. The molecule has 0 bridgehead atoms. The van der Waals surface area contributed by atoms with E-state index < -0.39 is 0 Å². The predicted molar refractivity (Wildman–Crippen MR) is 80.3 cm³/mol. The lowest BCUT2D eigenvalue weighted by atomic mass is 10.0. The lowest BCUT2D eigenvalue weighted by Crippen LogP contribution is -2.41. The minimum Gasteiger partial charge on any atom is -0.361 e. The van der Waals surface area contributed by atoms with Crippen LogP contribution >= 0.6 is 0 Å². The predicted octanol–water partition coefficient (Wildman–Crippen LogP) is 2.52. The topological polar surface area (TPSA) is 45.1 Å². The van der Waals surface area contributed by atoms with Crippen molar-refractivity contribution >= 4 is 10.9 Å². The van der Waals surface area contributed by atoms with Crippen LogP contribution in [0.2, 0.25) is 0 Å². The molecular formula is C16H23N3. The van der Waals surface area contributed by atoms with Crippen molar-refractivity contribution in [3.63, 3.8) is 0 Å². The van der Waals surface area contributed by atoms with Crippen molar-refractivity contribution in [2.45, 2.75) is 31.7 Å². The number of aromatic nitrogens is 1. The van der Waals surface area contributed by atoms with Gasteiger partial charge in [0.2, 0.25) is 0 Å². The van der Waals surface area contributed by atoms with Crippen molar-refractivity contribution in [1.82, 2.24) is 9.88 Å². The molecule has 3 rings (SSSR count). The number of para-hydroxylation sites is 1. The fourth-order valence-corrected chi connectivity index (χ4v) is 3.12. The van der Waals surface area contributed by atoms with Crippen molar-refractivity contribution in [2.24, 2.45) is 5.73 Å². The molecule has 3 nitrogen and oxygen atoms in total. The number of H-pyrrole nitrogens is 1. The maximum atomic E-state index is 6.33. The van der Waals surface area contributed by atoms with Gasteiger partial charge in [-0.2, -0.15) is 0 Å². The van der Waals surface area contributed by atoms with Crippen LogP contribution in [0, 0.1) is 0 Å². The van der Waals surface area contributed by atoms with Gasteiger partial charge in [-0.3, -0.25) is 0 Å². The molecule has 2 heterocycles. The van der Waals surface area contributed by atoms with Crippen LogP contribution in [0.1, 0.15) is 24.8 Å². The summed E-state index contributed by atoms with van der Waals surface area (Å²) in [6, 6.07) is 8.69. The fraction of sp³-hybridized carbons (Fsp3) is 0.500. The third-order valence-corrected chi connectivity index (χ3v) is 4.10. The SMILES string of the molecule is NC(Cc1c[nH]c2ccccc12)CN1CCCCC1. The highest BCUT2D eigenvalue weighted by Crippen LogP contribution is 2.19. The molecule has 1 aliphatic rings. The summed E-state index contributed by atoms with van der Waals surface area (Å²) in [5.41, 5.74) is 8.89. The van der Waals surface area contributed by atoms with Gasteiger partial charge in [-0.05, 0) is 44.0 Å². The second-order valence-corrected chi connectivity index (χ2v) is 5.68. The number of nitrogens with zero attached hydrogens (tertiary/aromatic N) is 1. The highest BCUT2D eigenvalue weighted by Gasteiger charge is 2.15. The number of benzene rings is 1. The monoisotopic (exact) mass is 257 g/mol. The molecule has 1 atom stereocenters. The molecule has 0 amide bonds. The molecule has 0 radical (unpaired) electrons. The zero-order valence-corrected chi connectivity index (χ0v) is 11.4. The number of aromatic amines is 1. The molecule has 1 aromatic heterocycles. The van der Waals surface area contributed by atoms with E-state index in [1.807, 2.05) is 0 Å². The van der Waals surface area contributed by atoms with Crippen molar-refractivity contribution in [3.8, 4) is 0 Å². The summed E-state index contributed by atoms with van der Waals surface area (Å²) in [6.45, 7) is 3.47. The van der Waals surface area contributed by atoms with E-state index in [4.69, 9.17) is 5.73 Å². The molecule has 3 heteroatoms. The average molecular weight is 257 g/mol. The van der Waals surface area contributed by atoms with E-state index in [0.717, 1.165) is 13.0 Å². The molecule has 2 aromatic rings. The Hall–Kier alpha value is -1.32. The van der Waals surface area contributed by atoms with E-state index in [9.17, 15) is 0 Å².